The van der Waals surface area contributed by atoms with Gasteiger partial charge in [0.05, 0.1) is 0 Å². The molecule has 0 aliphatic carbocycles. The smallest absolute Gasteiger partial charge is 0.226 e. The summed E-state index contributed by atoms with van der Waals surface area (Å²) in [7, 11) is 5.49. The molecule has 0 rings (SSSR count). The van der Waals surface area contributed by atoms with E-state index < -0.39 is 5.78 Å². The van der Waals surface area contributed by atoms with E-state index in [4.69, 9.17) is 0 Å². The summed E-state index contributed by atoms with van der Waals surface area (Å²) in [5.74, 6) is -0.547. The lowest BCUT2D eigenvalue weighted by molar-refractivity contribution is -0.127. The molecule has 0 saturated heterocycles. The van der Waals surface area contributed by atoms with E-state index in [1.54, 1.807) is 25.2 Å². The molecule has 0 radical (unpaired) electrons. The fourth-order valence-corrected chi connectivity index (χ4v) is 0.563. The van der Waals surface area contributed by atoms with Gasteiger partial charge in [-0.25, -0.2) is 0 Å². The third-order valence-electron chi connectivity index (χ3n) is 1.76. The van der Waals surface area contributed by atoms with Crippen molar-refractivity contribution in [3.8, 4) is 0 Å². The lowest BCUT2D eigenvalue weighted by Crippen LogP contribution is -2.31. The molecule has 0 amide bonds. The fraction of sp³-hybridized carbons (Fsp3) is 0.538. The quantitative estimate of drug-likeness (QED) is 0.349. The zero-order chi connectivity index (χ0) is 14.1. The molecule has 0 heterocycles. The van der Waals surface area contributed by atoms with Crippen LogP contribution in [0.3, 0.4) is 0 Å². The molecule has 4 nitrogen and oxygen atoms in total. The van der Waals surface area contributed by atoms with E-state index in [0.29, 0.717) is 11.1 Å². The summed E-state index contributed by atoms with van der Waals surface area (Å²) in [6.07, 6.45) is 3.18. The Bertz CT molecular complexity index is 286. The van der Waals surface area contributed by atoms with E-state index in [0.717, 1.165) is 0 Å². The van der Waals surface area contributed by atoms with Gasteiger partial charge in [0.1, 0.15) is 0 Å². The van der Waals surface area contributed by atoms with Gasteiger partial charge in [-0.2, -0.15) is 0 Å². The summed E-state index contributed by atoms with van der Waals surface area (Å²) in [6.45, 7) is 9.80. The van der Waals surface area contributed by atoms with Gasteiger partial charge in [-0.15, -0.1) is 0 Å². The van der Waals surface area contributed by atoms with Gasteiger partial charge in [-0.05, 0) is 27.8 Å². The van der Waals surface area contributed by atoms with Crippen LogP contribution in [0.4, 0.5) is 0 Å². The topological polar surface area (TPSA) is 49.4 Å². The van der Waals surface area contributed by atoms with Gasteiger partial charge in [0.25, 0.3) is 0 Å². The van der Waals surface area contributed by atoms with Crippen molar-refractivity contribution >= 4 is 12.1 Å². The van der Waals surface area contributed by atoms with E-state index >= 15 is 0 Å². The molecular formula is C13H24N2O2. The second-order valence-electron chi connectivity index (χ2n) is 4.73. The second-order valence-corrected chi connectivity index (χ2v) is 4.73. The first-order valence-corrected chi connectivity index (χ1v) is 5.37. The molecule has 1 N–H and O–H groups in total. The summed E-state index contributed by atoms with van der Waals surface area (Å²) in [5, 5.41) is 3.10. The first-order chi connectivity index (χ1) is 7.67. The van der Waals surface area contributed by atoms with Crippen LogP contribution in [0.2, 0.25) is 0 Å². The third kappa shape index (κ3) is 12.5. The van der Waals surface area contributed by atoms with E-state index in [1.807, 2.05) is 7.05 Å². The zero-order valence-corrected chi connectivity index (χ0v) is 11.7. The molecular weight excluding hydrogens is 216 g/mol. The standard InChI is InChI=1S/C8H11NO2.C5H13N/c1-4-7(5-9(2)3)8(11)6-10;1-5(2,3)6-4/h4-6H,1H2,2-3H3;6H,1-4H3/b7-5+;. The highest BCUT2D eigenvalue weighted by atomic mass is 16.2. The van der Waals surface area contributed by atoms with Crippen LogP contribution in [0, 0.1) is 0 Å². The van der Waals surface area contributed by atoms with Gasteiger partial charge >= 0.3 is 0 Å². The maximum Gasteiger partial charge on any atom is 0.226 e. The summed E-state index contributed by atoms with van der Waals surface area (Å²) < 4.78 is 0. The third-order valence-corrected chi connectivity index (χ3v) is 1.76. The Morgan fingerprint density at radius 3 is 1.88 bits per heavy atom. The van der Waals surface area contributed by atoms with E-state index in [1.165, 1.54) is 6.08 Å². The van der Waals surface area contributed by atoms with Crippen molar-refractivity contribution in [3.05, 3.63) is 24.4 Å². The number of nitrogens with zero attached hydrogens (tertiary/aromatic N) is 1. The molecule has 0 unspecified atom stereocenters. The van der Waals surface area contributed by atoms with Gasteiger partial charge < -0.3 is 10.2 Å². The Morgan fingerprint density at radius 1 is 1.29 bits per heavy atom. The fourth-order valence-electron chi connectivity index (χ4n) is 0.563. The average Bonchev–Trinajstić information content (AvgIpc) is 2.24. The lowest BCUT2D eigenvalue weighted by atomic mass is 10.1. The number of ketones is 1. The van der Waals surface area contributed by atoms with Crippen molar-refractivity contribution in [2.45, 2.75) is 26.3 Å². The Morgan fingerprint density at radius 2 is 1.71 bits per heavy atom. The number of carbonyl (C=O) groups is 2. The van der Waals surface area contributed by atoms with Gasteiger partial charge in [0.15, 0.2) is 6.29 Å². The van der Waals surface area contributed by atoms with Crippen LogP contribution in [-0.2, 0) is 9.59 Å². The number of rotatable bonds is 4. The highest BCUT2D eigenvalue weighted by molar-refractivity contribution is 6.33. The van der Waals surface area contributed by atoms with E-state index in [2.05, 4.69) is 32.7 Å². The highest BCUT2D eigenvalue weighted by Gasteiger charge is 2.03. The summed E-state index contributed by atoms with van der Waals surface area (Å²) in [5.41, 5.74) is 0.602. The van der Waals surface area contributed by atoms with Crippen molar-refractivity contribution < 1.29 is 9.59 Å². The Labute approximate surface area is 104 Å². The molecule has 0 atom stereocenters. The van der Waals surface area contributed by atoms with Crippen LogP contribution in [0.25, 0.3) is 0 Å². The van der Waals surface area contributed by atoms with Gasteiger partial charge in [-0.3, -0.25) is 9.59 Å². The van der Waals surface area contributed by atoms with Crippen LogP contribution in [0.5, 0.6) is 0 Å². The van der Waals surface area contributed by atoms with Crippen LogP contribution < -0.4 is 5.32 Å². The summed E-state index contributed by atoms with van der Waals surface area (Å²) in [4.78, 5) is 22.5. The molecule has 0 saturated carbocycles. The normalized spacial score (nSPS) is 11.1. The van der Waals surface area contributed by atoms with Crippen LogP contribution in [-0.4, -0.2) is 43.7 Å². The maximum absolute atomic E-state index is 10.7. The summed E-state index contributed by atoms with van der Waals surface area (Å²) in [6, 6.07) is 0. The number of hydrogen-bond donors (Lipinski definition) is 1. The molecule has 0 aliphatic rings. The molecule has 98 valence electrons. The molecule has 17 heavy (non-hydrogen) atoms. The zero-order valence-electron chi connectivity index (χ0n) is 11.7. The molecule has 0 aromatic heterocycles. The molecule has 0 spiro atoms. The number of aldehydes is 1. The van der Waals surface area contributed by atoms with Crippen LogP contribution >= 0.6 is 0 Å². The minimum atomic E-state index is -0.547. The van der Waals surface area contributed by atoms with Crippen LogP contribution in [0.15, 0.2) is 24.4 Å². The highest BCUT2D eigenvalue weighted by Crippen LogP contribution is 1.96. The first-order valence-electron chi connectivity index (χ1n) is 5.37. The first kappa shape index (κ1) is 18.0. The van der Waals surface area contributed by atoms with Crippen molar-refractivity contribution in [1.29, 1.82) is 0 Å². The van der Waals surface area contributed by atoms with Gasteiger partial charge in [0, 0.05) is 31.4 Å². The van der Waals surface area contributed by atoms with Gasteiger partial charge in [0.2, 0.25) is 5.78 Å². The van der Waals surface area contributed by atoms with Crippen molar-refractivity contribution in [3.63, 3.8) is 0 Å². The SMILES string of the molecule is C=C/C(=C\N(C)C)C(=O)C=O.CNC(C)(C)C. The monoisotopic (exact) mass is 240 g/mol. The van der Waals surface area contributed by atoms with Crippen molar-refractivity contribution in [1.82, 2.24) is 10.2 Å². The average molecular weight is 240 g/mol. The second kappa shape index (κ2) is 8.70. The van der Waals surface area contributed by atoms with Crippen molar-refractivity contribution in [2.75, 3.05) is 21.1 Å². The Kier molecular flexibility index (Phi) is 9.19. The minimum Gasteiger partial charge on any atom is -0.383 e. The maximum atomic E-state index is 10.7. The molecule has 0 fully saturated rings. The number of allylic oxidation sites excluding steroid dienone is 2. The van der Waals surface area contributed by atoms with E-state index in [-0.39, 0.29) is 6.29 Å². The lowest BCUT2D eigenvalue weighted by Gasteiger charge is -2.15. The van der Waals surface area contributed by atoms with Crippen molar-refractivity contribution in [2.24, 2.45) is 0 Å². The van der Waals surface area contributed by atoms with E-state index in [9.17, 15) is 9.59 Å². The summed E-state index contributed by atoms with van der Waals surface area (Å²) >= 11 is 0. The number of hydrogen-bond acceptors (Lipinski definition) is 4. The molecule has 0 aliphatic heterocycles. The molecule has 0 aromatic rings. The van der Waals surface area contributed by atoms with Crippen LogP contribution in [0.1, 0.15) is 20.8 Å². The molecule has 0 aromatic carbocycles. The largest absolute Gasteiger partial charge is 0.383 e. The number of nitrogens with one attached hydrogen (secondary N) is 1. The Hall–Kier alpha value is -1.42. The predicted molar refractivity (Wildman–Crippen MR) is 71.9 cm³/mol. The Balaban J connectivity index is 0. The number of carbonyl (C=O) groups excluding carboxylic acids is 2. The molecule has 4 heteroatoms. The molecule has 0 bridgehead atoms. The predicted octanol–water partition coefficient (Wildman–Crippen LogP) is 1.39. The number of Topliss-reactive ketones (excluding diaryl/α,β-unsaturated/α-hetero) is 1. The minimum absolute atomic E-state index is 0.275. The van der Waals surface area contributed by atoms with Gasteiger partial charge in [-0.1, -0.05) is 12.7 Å².